The number of aromatic nitrogens is 2. The fourth-order valence-electron chi connectivity index (χ4n) is 3.26. The van der Waals surface area contributed by atoms with Crippen LogP contribution in [0.5, 0.6) is 0 Å². The Labute approximate surface area is 185 Å². The van der Waals surface area contributed by atoms with E-state index in [9.17, 15) is 8.42 Å². The van der Waals surface area contributed by atoms with Gasteiger partial charge in [0, 0.05) is 29.4 Å². The minimum atomic E-state index is -3.50. The molecule has 3 aromatic rings. The summed E-state index contributed by atoms with van der Waals surface area (Å²) in [5.41, 5.74) is 2.88. The van der Waals surface area contributed by atoms with Gasteiger partial charge >= 0.3 is 0 Å². The molecule has 3 rings (SSSR count). The van der Waals surface area contributed by atoms with Crippen LogP contribution in [0.4, 0.5) is 0 Å². The van der Waals surface area contributed by atoms with Gasteiger partial charge in [-0.1, -0.05) is 53.7 Å². The Morgan fingerprint density at radius 2 is 1.76 bits per heavy atom. The highest BCUT2D eigenvalue weighted by Crippen LogP contribution is 2.31. The van der Waals surface area contributed by atoms with Crippen LogP contribution in [0.3, 0.4) is 0 Å². The molecule has 156 valence electrons. The van der Waals surface area contributed by atoms with Gasteiger partial charge in [0.15, 0.2) is 5.16 Å². The standard InChI is InChI=1S/C21H26BrN3O2S2/c1-5-24(6-2)29(26,27)18-11-12-20-19(13-18)23-21(25(20)15(3)4)28-14-16-7-9-17(22)10-8-16/h7-13,15H,5-6,14H2,1-4H3. The molecule has 0 amide bonds. The van der Waals surface area contributed by atoms with E-state index in [4.69, 9.17) is 4.98 Å². The quantitative estimate of drug-likeness (QED) is 0.376. The zero-order valence-corrected chi connectivity index (χ0v) is 20.3. The molecule has 0 N–H and O–H groups in total. The van der Waals surface area contributed by atoms with E-state index in [0.717, 1.165) is 20.9 Å². The Morgan fingerprint density at radius 3 is 2.34 bits per heavy atom. The zero-order chi connectivity index (χ0) is 21.2. The molecule has 0 bridgehead atoms. The lowest BCUT2D eigenvalue weighted by Crippen LogP contribution is -2.30. The van der Waals surface area contributed by atoms with Gasteiger partial charge in [-0.2, -0.15) is 4.31 Å². The summed E-state index contributed by atoms with van der Waals surface area (Å²) in [6, 6.07) is 13.7. The molecule has 1 heterocycles. The van der Waals surface area contributed by atoms with Gasteiger partial charge in [0.05, 0.1) is 15.9 Å². The largest absolute Gasteiger partial charge is 0.316 e. The second-order valence-corrected chi connectivity index (χ2v) is 10.8. The highest BCUT2D eigenvalue weighted by Gasteiger charge is 2.23. The van der Waals surface area contributed by atoms with Crippen molar-refractivity contribution in [1.82, 2.24) is 13.9 Å². The minimum Gasteiger partial charge on any atom is -0.316 e. The highest BCUT2D eigenvalue weighted by molar-refractivity contribution is 9.10. The summed E-state index contributed by atoms with van der Waals surface area (Å²) < 4.78 is 30.5. The summed E-state index contributed by atoms with van der Waals surface area (Å²) in [5, 5.41) is 0.898. The van der Waals surface area contributed by atoms with E-state index in [0.29, 0.717) is 23.5 Å². The Bertz CT molecular complexity index is 1090. The van der Waals surface area contributed by atoms with Crippen LogP contribution in [0.15, 0.2) is 57.0 Å². The van der Waals surface area contributed by atoms with Crippen LogP contribution >= 0.6 is 27.7 Å². The molecule has 0 saturated carbocycles. The lowest BCUT2D eigenvalue weighted by atomic mass is 10.2. The summed E-state index contributed by atoms with van der Waals surface area (Å²) in [5.74, 6) is 0.800. The molecule has 0 saturated heterocycles. The molecular weight excluding hydrogens is 470 g/mol. The minimum absolute atomic E-state index is 0.220. The molecule has 5 nitrogen and oxygen atoms in total. The summed E-state index contributed by atoms with van der Waals surface area (Å²) in [6.07, 6.45) is 0. The molecule has 0 radical (unpaired) electrons. The number of hydrogen-bond acceptors (Lipinski definition) is 4. The molecule has 1 aromatic heterocycles. The highest BCUT2D eigenvalue weighted by atomic mass is 79.9. The van der Waals surface area contributed by atoms with E-state index in [1.807, 2.05) is 32.0 Å². The van der Waals surface area contributed by atoms with E-state index < -0.39 is 10.0 Å². The third kappa shape index (κ3) is 4.71. The van der Waals surface area contributed by atoms with Crippen molar-refractivity contribution in [2.24, 2.45) is 0 Å². The Balaban J connectivity index is 1.98. The Kier molecular flexibility index (Phi) is 7.09. The first kappa shape index (κ1) is 22.3. The second-order valence-electron chi connectivity index (χ2n) is 7.01. The average Bonchev–Trinajstić information content (AvgIpc) is 3.06. The number of halogens is 1. The average molecular weight is 496 g/mol. The number of fused-ring (bicyclic) bond motifs is 1. The summed E-state index contributed by atoms with van der Waals surface area (Å²) in [4.78, 5) is 5.08. The molecule has 0 atom stereocenters. The number of imidazole rings is 1. The van der Waals surface area contributed by atoms with Gasteiger partial charge in [-0.05, 0) is 49.7 Å². The number of hydrogen-bond donors (Lipinski definition) is 0. The summed E-state index contributed by atoms with van der Waals surface area (Å²) in [6.45, 7) is 8.84. The number of benzene rings is 2. The summed E-state index contributed by atoms with van der Waals surface area (Å²) >= 11 is 5.13. The van der Waals surface area contributed by atoms with Crippen LogP contribution < -0.4 is 0 Å². The number of sulfonamides is 1. The fourth-order valence-corrected chi connectivity index (χ4v) is 6.10. The molecule has 0 aliphatic heterocycles. The van der Waals surface area contributed by atoms with E-state index in [1.165, 1.54) is 9.87 Å². The first-order chi connectivity index (χ1) is 13.8. The summed E-state index contributed by atoms with van der Waals surface area (Å²) in [7, 11) is -3.50. The zero-order valence-electron chi connectivity index (χ0n) is 17.1. The van der Waals surface area contributed by atoms with Crippen LogP contribution in [-0.2, 0) is 15.8 Å². The number of thioether (sulfide) groups is 1. The molecule has 8 heteroatoms. The van der Waals surface area contributed by atoms with Crippen molar-refractivity contribution in [1.29, 1.82) is 0 Å². The maximum Gasteiger partial charge on any atom is 0.243 e. The van der Waals surface area contributed by atoms with Crippen LogP contribution in [0.25, 0.3) is 11.0 Å². The van der Waals surface area contributed by atoms with Gasteiger partial charge in [-0.15, -0.1) is 0 Å². The van der Waals surface area contributed by atoms with E-state index in [-0.39, 0.29) is 6.04 Å². The molecule has 0 aliphatic carbocycles. The monoisotopic (exact) mass is 495 g/mol. The molecular formula is C21H26BrN3O2S2. The van der Waals surface area contributed by atoms with Gasteiger partial charge in [0.25, 0.3) is 0 Å². The lowest BCUT2D eigenvalue weighted by Gasteiger charge is -2.18. The van der Waals surface area contributed by atoms with Crippen LogP contribution in [-0.4, -0.2) is 35.4 Å². The predicted octanol–water partition coefficient (Wildman–Crippen LogP) is 5.70. The Hall–Kier alpha value is -1.35. The van der Waals surface area contributed by atoms with Gasteiger partial charge < -0.3 is 4.57 Å². The third-order valence-corrected chi connectivity index (χ3v) is 8.37. The molecule has 0 fully saturated rings. The normalized spacial score (nSPS) is 12.4. The molecule has 29 heavy (non-hydrogen) atoms. The maximum atomic E-state index is 12.9. The molecule has 0 unspecified atom stereocenters. The predicted molar refractivity (Wildman–Crippen MR) is 124 cm³/mol. The lowest BCUT2D eigenvalue weighted by molar-refractivity contribution is 0.445. The SMILES string of the molecule is CCN(CC)S(=O)(=O)c1ccc2c(c1)nc(SCc1ccc(Br)cc1)n2C(C)C. The van der Waals surface area contributed by atoms with Crippen molar-refractivity contribution in [3.8, 4) is 0 Å². The van der Waals surface area contributed by atoms with Gasteiger partial charge in [0.2, 0.25) is 10.0 Å². The molecule has 0 spiro atoms. The van der Waals surface area contributed by atoms with Crippen molar-refractivity contribution in [2.75, 3.05) is 13.1 Å². The van der Waals surface area contributed by atoms with E-state index in [2.05, 4.69) is 46.5 Å². The molecule has 2 aromatic carbocycles. The van der Waals surface area contributed by atoms with Crippen molar-refractivity contribution < 1.29 is 8.42 Å². The van der Waals surface area contributed by atoms with E-state index >= 15 is 0 Å². The van der Waals surface area contributed by atoms with Gasteiger partial charge in [0.1, 0.15) is 0 Å². The Morgan fingerprint density at radius 1 is 1.10 bits per heavy atom. The topological polar surface area (TPSA) is 55.2 Å². The van der Waals surface area contributed by atoms with Crippen molar-refractivity contribution >= 4 is 48.7 Å². The van der Waals surface area contributed by atoms with Crippen LogP contribution in [0.1, 0.15) is 39.3 Å². The van der Waals surface area contributed by atoms with Crippen LogP contribution in [0.2, 0.25) is 0 Å². The first-order valence-electron chi connectivity index (χ1n) is 9.67. The number of rotatable bonds is 8. The fraction of sp³-hybridized carbons (Fsp3) is 0.381. The van der Waals surface area contributed by atoms with Gasteiger partial charge in [-0.25, -0.2) is 13.4 Å². The van der Waals surface area contributed by atoms with Crippen molar-refractivity contribution in [3.05, 3.63) is 52.5 Å². The molecule has 0 aliphatic rings. The van der Waals surface area contributed by atoms with Crippen LogP contribution in [0, 0.1) is 0 Å². The van der Waals surface area contributed by atoms with E-state index in [1.54, 1.807) is 23.9 Å². The van der Waals surface area contributed by atoms with Crippen molar-refractivity contribution in [3.63, 3.8) is 0 Å². The van der Waals surface area contributed by atoms with Gasteiger partial charge in [-0.3, -0.25) is 0 Å². The second kappa shape index (κ2) is 9.20. The number of nitrogens with zero attached hydrogens (tertiary/aromatic N) is 3. The maximum absolute atomic E-state index is 12.9. The first-order valence-corrected chi connectivity index (χ1v) is 12.9. The smallest absolute Gasteiger partial charge is 0.243 e. The van der Waals surface area contributed by atoms with Crippen molar-refractivity contribution in [2.45, 2.75) is 49.5 Å². The third-order valence-electron chi connectivity index (χ3n) is 4.77.